The van der Waals surface area contributed by atoms with Gasteiger partial charge < -0.3 is 19.0 Å². The number of ether oxygens (including phenoxy) is 2. The van der Waals surface area contributed by atoms with Crippen LogP contribution >= 0.6 is 11.3 Å². The number of ketones is 1. The molecule has 0 bridgehead atoms. The van der Waals surface area contributed by atoms with E-state index in [0.717, 1.165) is 16.7 Å². The van der Waals surface area contributed by atoms with Gasteiger partial charge in [-0.1, -0.05) is 54.7 Å². The lowest BCUT2D eigenvalue weighted by Gasteiger charge is -2.24. The molecule has 3 heterocycles. The molecule has 8 nitrogen and oxygen atoms in total. The van der Waals surface area contributed by atoms with Crippen molar-refractivity contribution in [2.45, 2.75) is 26.3 Å². The number of hydrogen-bond acceptors (Lipinski definition) is 8. The number of Topliss-reactive ketones (excluding diaryl/α,β-unsaturated/α-hetero) is 1. The Kier molecular flexibility index (Phi) is 6.51. The lowest BCUT2D eigenvalue weighted by Crippen LogP contribution is -2.31. The second-order valence-corrected chi connectivity index (χ2v) is 10.3. The van der Waals surface area contributed by atoms with Gasteiger partial charge in [0.15, 0.2) is 28.0 Å². The van der Waals surface area contributed by atoms with Crippen LogP contribution in [0.25, 0.3) is 21.2 Å². The first-order valence-corrected chi connectivity index (χ1v) is 13.7. The summed E-state index contributed by atoms with van der Waals surface area (Å²) >= 11 is 1.29. The number of carbonyl (C=O) groups excluding carboxylic acids is 2. The molecule has 0 aliphatic carbocycles. The van der Waals surface area contributed by atoms with Crippen molar-refractivity contribution in [2.24, 2.45) is 0 Å². The lowest BCUT2D eigenvalue weighted by atomic mass is 9.94. The van der Waals surface area contributed by atoms with E-state index in [1.807, 2.05) is 49.4 Å². The number of aliphatic hydroxyl groups excluding tert-OH is 1. The van der Waals surface area contributed by atoms with Crippen molar-refractivity contribution in [2.75, 3.05) is 18.6 Å². The zero-order valence-corrected chi connectivity index (χ0v) is 23.0. The number of thiazole rings is 1. The monoisotopic (exact) mass is 554 g/mol. The smallest absolute Gasteiger partial charge is 0.296 e. The van der Waals surface area contributed by atoms with Crippen LogP contribution in [0, 0.1) is 0 Å². The summed E-state index contributed by atoms with van der Waals surface area (Å²) in [6.07, 6.45) is 0.835. The van der Waals surface area contributed by atoms with E-state index in [0.29, 0.717) is 45.3 Å². The number of aryl methyl sites for hydroxylation is 1. The highest BCUT2D eigenvalue weighted by molar-refractivity contribution is 7.22. The van der Waals surface area contributed by atoms with Crippen molar-refractivity contribution in [3.05, 3.63) is 94.9 Å². The molecular formula is C31H26N2O6S. The molecule has 0 fully saturated rings. The molecule has 5 aromatic rings. The number of fused-ring (bicyclic) bond motifs is 2. The molecule has 1 unspecified atom stereocenters. The second-order valence-electron chi connectivity index (χ2n) is 9.31. The topological polar surface area (TPSA) is 102 Å². The minimum absolute atomic E-state index is 0.00321. The predicted octanol–water partition coefficient (Wildman–Crippen LogP) is 6.80. The summed E-state index contributed by atoms with van der Waals surface area (Å²) in [4.78, 5) is 33.7. The standard InChI is InChI=1S/C31H26N2O6S/c1-4-17-9-11-18(12-10-17)26-25(27(34)23-15-19-7-6-8-22(37-3)29(19)39-23)28(35)30(36)33(26)31-32-21-14-13-20(38-5-2)16-24(21)40-31/h6-16,26,35H,4-5H2,1-3H3. The van der Waals surface area contributed by atoms with E-state index in [9.17, 15) is 14.7 Å². The van der Waals surface area contributed by atoms with Gasteiger partial charge >= 0.3 is 0 Å². The zero-order chi connectivity index (χ0) is 28.0. The minimum Gasteiger partial charge on any atom is -0.503 e. The van der Waals surface area contributed by atoms with Crippen molar-refractivity contribution in [3.63, 3.8) is 0 Å². The number of aromatic nitrogens is 1. The van der Waals surface area contributed by atoms with Gasteiger partial charge in [-0.3, -0.25) is 14.5 Å². The molecule has 0 saturated heterocycles. The van der Waals surface area contributed by atoms with Gasteiger partial charge in [-0.25, -0.2) is 4.98 Å². The number of methoxy groups -OCH3 is 1. The van der Waals surface area contributed by atoms with E-state index in [4.69, 9.17) is 18.9 Å². The summed E-state index contributed by atoms with van der Waals surface area (Å²) in [5.74, 6) is -0.748. The summed E-state index contributed by atoms with van der Waals surface area (Å²) in [5, 5.41) is 12.2. The number of rotatable bonds is 8. The van der Waals surface area contributed by atoms with Gasteiger partial charge in [0.25, 0.3) is 5.91 Å². The van der Waals surface area contributed by atoms with Gasteiger partial charge in [0, 0.05) is 5.39 Å². The van der Waals surface area contributed by atoms with Gasteiger partial charge in [-0.05, 0) is 54.8 Å². The summed E-state index contributed by atoms with van der Waals surface area (Å²) in [6, 6.07) is 19.2. The molecule has 3 aromatic carbocycles. The molecule has 1 N–H and O–H groups in total. The molecule has 1 amide bonds. The van der Waals surface area contributed by atoms with E-state index in [-0.39, 0.29) is 11.3 Å². The van der Waals surface area contributed by atoms with Gasteiger partial charge in [0.05, 0.1) is 35.5 Å². The number of anilines is 1. The Labute approximate surface area is 234 Å². The van der Waals surface area contributed by atoms with Crippen LogP contribution in [0.5, 0.6) is 11.5 Å². The third kappa shape index (κ3) is 4.19. The molecule has 1 aliphatic heterocycles. The fourth-order valence-electron chi connectivity index (χ4n) is 4.98. The molecule has 1 atom stereocenters. The van der Waals surface area contributed by atoms with E-state index in [1.54, 1.807) is 24.3 Å². The number of carbonyl (C=O) groups is 2. The molecule has 9 heteroatoms. The summed E-state index contributed by atoms with van der Waals surface area (Å²) in [6.45, 7) is 4.48. The van der Waals surface area contributed by atoms with Crippen LogP contribution < -0.4 is 14.4 Å². The quantitative estimate of drug-likeness (QED) is 0.211. The van der Waals surface area contributed by atoms with Gasteiger partial charge in [-0.15, -0.1) is 0 Å². The Hall–Kier alpha value is -4.63. The van der Waals surface area contributed by atoms with Crippen LogP contribution in [0.3, 0.4) is 0 Å². The number of amides is 1. The van der Waals surface area contributed by atoms with Crippen molar-refractivity contribution < 1.29 is 28.6 Å². The first kappa shape index (κ1) is 25.6. The zero-order valence-electron chi connectivity index (χ0n) is 22.1. The number of para-hydroxylation sites is 1. The third-order valence-corrected chi connectivity index (χ3v) is 7.99. The second kappa shape index (κ2) is 10.2. The van der Waals surface area contributed by atoms with Crippen LogP contribution in [0.15, 0.2) is 82.5 Å². The summed E-state index contributed by atoms with van der Waals surface area (Å²) < 4.78 is 17.7. The molecular weight excluding hydrogens is 528 g/mol. The van der Waals surface area contributed by atoms with Crippen LogP contribution in [-0.4, -0.2) is 35.5 Å². The molecule has 6 rings (SSSR count). The number of hydrogen-bond donors (Lipinski definition) is 1. The van der Waals surface area contributed by atoms with Gasteiger partial charge in [0.2, 0.25) is 5.78 Å². The highest BCUT2D eigenvalue weighted by atomic mass is 32.1. The first-order valence-electron chi connectivity index (χ1n) is 12.9. The van der Waals surface area contributed by atoms with E-state index < -0.39 is 23.5 Å². The lowest BCUT2D eigenvalue weighted by molar-refractivity contribution is -0.117. The van der Waals surface area contributed by atoms with Gasteiger partial charge in [0.1, 0.15) is 5.75 Å². The predicted molar refractivity (Wildman–Crippen MR) is 154 cm³/mol. The Morgan fingerprint density at radius 3 is 2.62 bits per heavy atom. The van der Waals surface area contributed by atoms with Crippen molar-refractivity contribution in [3.8, 4) is 11.5 Å². The number of aliphatic hydroxyl groups is 1. The maximum absolute atomic E-state index is 14.0. The summed E-state index contributed by atoms with van der Waals surface area (Å²) in [7, 11) is 1.52. The minimum atomic E-state index is -0.909. The number of benzene rings is 3. The number of furan rings is 1. The molecule has 2 aromatic heterocycles. The van der Waals surface area contributed by atoms with E-state index in [1.165, 1.54) is 23.3 Å². The van der Waals surface area contributed by atoms with Crippen LogP contribution in [0.2, 0.25) is 0 Å². The molecule has 202 valence electrons. The normalized spacial score (nSPS) is 15.4. The molecule has 0 saturated carbocycles. The molecule has 0 radical (unpaired) electrons. The molecule has 40 heavy (non-hydrogen) atoms. The maximum atomic E-state index is 14.0. The largest absolute Gasteiger partial charge is 0.503 e. The van der Waals surface area contributed by atoms with Gasteiger partial charge in [-0.2, -0.15) is 0 Å². The highest BCUT2D eigenvalue weighted by Crippen LogP contribution is 2.45. The van der Waals surface area contributed by atoms with Crippen molar-refractivity contribution in [1.29, 1.82) is 0 Å². The Balaban J connectivity index is 1.48. The van der Waals surface area contributed by atoms with Crippen LogP contribution in [0.1, 0.15) is 41.6 Å². The molecule has 0 spiro atoms. The van der Waals surface area contributed by atoms with Crippen LogP contribution in [0.4, 0.5) is 5.13 Å². The highest BCUT2D eigenvalue weighted by Gasteiger charge is 2.46. The first-order chi connectivity index (χ1) is 19.4. The third-order valence-electron chi connectivity index (χ3n) is 6.97. The number of nitrogens with zero attached hydrogens (tertiary/aromatic N) is 2. The Bertz CT molecular complexity index is 1800. The fourth-order valence-corrected chi connectivity index (χ4v) is 6.00. The van der Waals surface area contributed by atoms with E-state index in [2.05, 4.69) is 6.92 Å². The SMILES string of the molecule is CCOc1ccc2nc(N3C(=O)C(O)=C(C(=O)c4cc5cccc(OC)c5o4)C3c3ccc(CC)cc3)sc2c1. The average molecular weight is 555 g/mol. The average Bonchev–Trinajstić information content (AvgIpc) is 3.66. The fraction of sp³-hybridized carbons (Fsp3) is 0.194. The van der Waals surface area contributed by atoms with E-state index >= 15 is 0 Å². The maximum Gasteiger partial charge on any atom is 0.296 e. The van der Waals surface area contributed by atoms with Crippen molar-refractivity contribution in [1.82, 2.24) is 4.98 Å². The Morgan fingerprint density at radius 2 is 1.90 bits per heavy atom. The van der Waals surface area contributed by atoms with Crippen molar-refractivity contribution >= 4 is 49.3 Å². The summed E-state index contributed by atoms with van der Waals surface area (Å²) in [5.41, 5.74) is 2.80. The Morgan fingerprint density at radius 1 is 1.10 bits per heavy atom. The molecule has 1 aliphatic rings. The van der Waals surface area contributed by atoms with Crippen LogP contribution in [-0.2, 0) is 11.2 Å².